The predicted molar refractivity (Wildman–Crippen MR) is 104 cm³/mol. The Hall–Kier alpha value is -1.84. The summed E-state index contributed by atoms with van der Waals surface area (Å²) in [7, 11) is 0. The largest absolute Gasteiger partial charge is 0.351 e. The lowest BCUT2D eigenvalue weighted by Crippen LogP contribution is -2.63. The molecule has 26 heavy (non-hydrogen) atoms. The van der Waals surface area contributed by atoms with Crippen molar-refractivity contribution in [2.75, 3.05) is 6.54 Å². The molecule has 0 aromatic heterocycles. The number of nitrogens with zero attached hydrogens (tertiary/aromatic N) is 1. The summed E-state index contributed by atoms with van der Waals surface area (Å²) in [5.74, 6) is 0.00314. The smallest absolute Gasteiger partial charge is 0.255 e. The van der Waals surface area contributed by atoms with Crippen LogP contribution in [0.3, 0.4) is 0 Å². The minimum absolute atomic E-state index is 0.0102. The van der Waals surface area contributed by atoms with E-state index in [2.05, 4.69) is 12.2 Å². The van der Waals surface area contributed by atoms with Crippen molar-refractivity contribution in [1.29, 1.82) is 0 Å². The summed E-state index contributed by atoms with van der Waals surface area (Å²) in [6, 6.07) is 7.97. The van der Waals surface area contributed by atoms with E-state index in [-0.39, 0.29) is 17.9 Å². The molecule has 1 aromatic rings. The van der Waals surface area contributed by atoms with E-state index in [0.717, 1.165) is 30.4 Å². The van der Waals surface area contributed by atoms with Gasteiger partial charge in [-0.25, -0.2) is 0 Å². The Bertz CT molecular complexity index is 649. The molecule has 1 atom stereocenters. The van der Waals surface area contributed by atoms with Gasteiger partial charge in [0.25, 0.3) is 5.91 Å². The van der Waals surface area contributed by atoms with Crippen molar-refractivity contribution in [3.63, 3.8) is 0 Å². The highest BCUT2D eigenvalue weighted by Gasteiger charge is 2.46. The average molecular weight is 357 g/mol. The maximum atomic E-state index is 13.3. The first kappa shape index (κ1) is 18.9. The van der Waals surface area contributed by atoms with Gasteiger partial charge in [0.05, 0.1) is 0 Å². The van der Waals surface area contributed by atoms with E-state index in [1.165, 1.54) is 32.1 Å². The van der Waals surface area contributed by atoms with Gasteiger partial charge in [-0.2, -0.15) is 0 Å². The second-order valence-corrected chi connectivity index (χ2v) is 8.08. The molecule has 142 valence electrons. The lowest BCUT2D eigenvalue weighted by Gasteiger charge is -2.44. The molecule has 2 amide bonds. The van der Waals surface area contributed by atoms with Crippen molar-refractivity contribution in [3.8, 4) is 0 Å². The van der Waals surface area contributed by atoms with Gasteiger partial charge in [0.2, 0.25) is 5.91 Å². The Morgan fingerprint density at radius 1 is 1.15 bits per heavy atom. The third-order valence-corrected chi connectivity index (χ3v) is 6.00. The van der Waals surface area contributed by atoms with E-state index in [9.17, 15) is 9.59 Å². The second kappa shape index (κ2) is 8.24. The van der Waals surface area contributed by atoms with Gasteiger partial charge in [-0.15, -0.1) is 0 Å². The molecule has 4 heteroatoms. The highest BCUT2D eigenvalue weighted by atomic mass is 16.2. The fraction of sp³-hybridized carbons (Fsp3) is 0.636. The Kier molecular flexibility index (Phi) is 6.00. The normalized spacial score (nSPS) is 24.5. The third kappa shape index (κ3) is 3.79. The molecule has 0 unspecified atom stereocenters. The predicted octanol–water partition coefficient (Wildman–Crippen LogP) is 4.08. The quantitative estimate of drug-likeness (QED) is 0.883. The number of hydrogen-bond donors (Lipinski definition) is 1. The van der Waals surface area contributed by atoms with E-state index in [0.29, 0.717) is 13.0 Å². The van der Waals surface area contributed by atoms with Crippen LogP contribution >= 0.6 is 0 Å². The first-order chi connectivity index (χ1) is 12.6. The summed E-state index contributed by atoms with van der Waals surface area (Å²) in [4.78, 5) is 28.2. The Labute approximate surface area is 157 Å². The molecule has 0 bridgehead atoms. The molecular formula is C22H32N2O2. The van der Waals surface area contributed by atoms with Gasteiger partial charge in [0, 0.05) is 24.6 Å². The molecule has 0 radical (unpaired) electrons. The SMILES string of the molecule is CCCN1C(=O)c2ccccc2C[C@@]1(C)C(=O)NC1CCCCCCC1. The van der Waals surface area contributed by atoms with Gasteiger partial charge in [-0.1, -0.05) is 57.2 Å². The van der Waals surface area contributed by atoms with Crippen molar-refractivity contribution >= 4 is 11.8 Å². The van der Waals surface area contributed by atoms with Crippen LogP contribution in [0.1, 0.15) is 81.1 Å². The van der Waals surface area contributed by atoms with E-state index < -0.39 is 5.54 Å². The molecule has 1 aliphatic carbocycles. The average Bonchev–Trinajstić information content (AvgIpc) is 2.60. The monoisotopic (exact) mass is 356 g/mol. The Morgan fingerprint density at radius 3 is 2.50 bits per heavy atom. The molecule has 3 rings (SSSR count). The number of carbonyl (C=O) groups excluding carboxylic acids is 2. The molecule has 1 N–H and O–H groups in total. The number of amides is 2. The third-order valence-electron chi connectivity index (χ3n) is 6.00. The molecular weight excluding hydrogens is 324 g/mol. The zero-order valence-corrected chi connectivity index (χ0v) is 16.2. The van der Waals surface area contributed by atoms with E-state index in [4.69, 9.17) is 0 Å². The first-order valence-corrected chi connectivity index (χ1v) is 10.3. The minimum atomic E-state index is -0.802. The van der Waals surface area contributed by atoms with Crippen molar-refractivity contribution in [2.45, 2.75) is 83.2 Å². The van der Waals surface area contributed by atoms with Crippen LogP contribution in [0.4, 0.5) is 0 Å². The minimum Gasteiger partial charge on any atom is -0.351 e. The summed E-state index contributed by atoms with van der Waals surface area (Å²) < 4.78 is 0. The highest BCUT2D eigenvalue weighted by Crippen LogP contribution is 2.32. The topological polar surface area (TPSA) is 49.4 Å². The molecule has 1 heterocycles. The van der Waals surface area contributed by atoms with Gasteiger partial charge >= 0.3 is 0 Å². The van der Waals surface area contributed by atoms with Gasteiger partial charge in [0.1, 0.15) is 5.54 Å². The number of fused-ring (bicyclic) bond motifs is 1. The summed E-state index contributed by atoms with van der Waals surface area (Å²) in [5.41, 5.74) is 0.932. The van der Waals surface area contributed by atoms with Gasteiger partial charge in [-0.05, 0) is 37.8 Å². The summed E-state index contributed by atoms with van der Waals surface area (Å²) in [6.07, 6.45) is 9.75. The molecule has 4 nitrogen and oxygen atoms in total. The van der Waals surface area contributed by atoms with E-state index in [1.54, 1.807) is 4.90 Å². The number of nitrogens with one attached hydrogen (secondary N) is 1. The fourth-order valence-corrected chi connectivity index (χ4v) is 4.44. The van der Waals surface area contributed by atoms with E-state index in [1.807, 2.05) is 31.2 Å². The standard InChI is InChI=1S/C22H32N2O2/c1-3-15-24-20(25)19-14-10-9-11-17(19)16-22(24,2)21(26)23-18-12-7-5-4-6-8-13-18/h9-11,14,18H,3-8,12-13,15-16H2,1-2H3,(H,23,26)/t22-/m0/s1. The molecule has 1 fully saturated rings. The van der Waals surface area contributed by atoms with Gasteiger partial charge in [0.15, 0.2) is 0 Å². The summed E-state index contributed by atoms with van der Waals surface area (Å²) >= 11 is 0. The van der Waals surface area contributed by atoms with E-state index >= 15 is 0 Å². The maximum absolute atomic E-state index is 13.3. The van der Waals surface area contributed by atoms with Crippen molar-refractivity contribution in [1.82, 2.24) is 10.2 Å². The zero-order chi connectivity index (χ0) is 18.6. The van der Waals surface area contributed by atoms with Crippen molar-refractivity contribution < 1.29 is 9.59 Å². The van der Waals surface area contributed by atoms with Crippen LogP contribution in [0.15, 0.2) is 24.3 Å². The van der Waals surface area contributed by atoms with Crippen LogP contribution in [0.5, 0.6) is 0 Å². The van der Waals surface area contributed by atoms with Gasteiger partial charge < -0.3 is 10.2 Å². The maximum Gasteiger partial charge on any atom is 0.255 e. The summed E-state index contributed by atoms with van der Waals surface area (Å²) in [6.45, 7) is 4.61. The molecule has 0 spiro atoms. The van der Waals surface area contributed by atoms with Crippen LogP contribution in [0.2, 0.25) is 0 Å². The molecule has 1 aliphatic heterocycles. The molecule has 1 aromatic carbocycles. The fourth-order valence-electron chi connectivity index (χ4n) is 4.44. The van der Waals surface area contributed by atoms with Crippen molar-refractivity contribution in [3.05, 3.63) is 35.4 Å². The number of rotatable bonds is 4. The van der Waals surface area contributed by atoms with Crippen LogP contribution in [0.25, 0.3) is 0 Å². The van der Waals surface area contributed by atoms with Crippen LogP contribution < -0.4 is 5.32 Å². The summed E-state index contributed by atoms with van der Waals surface area (Å²) in [5, 5.41) is 3.30. The van der Waals surface area contributed by atoms with Crippen LogP contribution in [-0.4, -0.2) is 34.8 Å². The highest BCUT2D eigenvalue weighted by molar-refractivity contribution is 6.02. The molecule has 1 saturated carbocycles. The number of carbonyl (C=O) groups is 2. The lowest BCUT2D eigenvalue weighted by atomic mass is 9.82. The molecule has 2 aliphatic rings. The second-order valence-electron chi connectivity index (χ2n) is 8.08. The lowest BCUT2D eigenvalue weighted by molar-refractivity contribution is -0.132. The van der Waals surface area contributed by atoms with Crippen molar-refractivity contribution in [2.24, 2.45) is 0 Å². The van der Waals surface area contributed by atoms with Gasteiger partial charge in [-0.3, -0.25) is 9.59 Å². The number of benzene rings is 1. The zero-order valence-electron chi connectivity index (χ0n) is 16.2. The van der Waals surface area contributed by atoms with Crippen LogP contribution in [0, 0.1) is 0 Å². The van der Waals surface area contributed by atoms with Crippen LogP contribution in [-0.2, 0) is 11.2 Å². The Balaban J connectivity index is 1.82. The first-order valence-electron chi connectivity index (χ1n) is 10.3. The Morgan fingerprint density at radius 2 is 1.81 bits per heavy atom. The molecule has 0 saturated heterocycles. The number of hydrogen-bond acceptors (Lipinski definition) is 2.